The number of aromatic nitrogens is 3. The lowest BCUT2D eigenvalue weighted by Gasteiger charge is -2.15. The molecule has 0 radical (unpaired) electrons. The third kappa shape index (κ3) is 8.13. The molecule has 2 aromatic carbocycles. The van der Waals surface area contributed by atoms with E-state index in [2.05, 4.69) is 57.6 Å². The van der Waals surface area contributed by atoms with Crippen LogP contribution in [-0.2, 0) is 9.59 Å². The number of benzene rings is 2. The van der Waals surface area contributed by atoms with Crippen molar-refractivity contribution in [3.05, 3.63) is 89.9 Å². The first-order chi connectivity index (χ1) is 18.2. The summed E-state index contributed by atoms with van der Waals surface area (Å²) >= 11 is 0. The lowest BCUT2D eigenvalue weighted by atomic mass is 9.99. The van der Waals surface area contributed by atoms with E-state index in [1.54, 1.807) is 30.7 Å². The number of pyridine rings is 1. The summed E-state index contributed by atoms with van der Waals surface area (Å²) in [5, 5.41) is 31.3. The van der Waals surface area contributed by atoms with Gasteiger partial charge in [0.15, 0.2) is 0 Å². The number of nitrogens with zero attached hydrogens (tertiary/aromatic N) is 4. The number of nitriles is 1. The van der Waals surface area contributed by atoms with Gasteiger partial charge in [-0.05, 0) is 90.7 Å². The Morgan fingerprint density at radius 1 is 0.842 bits per heavy atom. The average molecular weight is 511 g/mol. The van der Waals surface area contributed by atoms with Gasteiger partial charge in [0.05, 0.1) is 24.5 Å². The van der Waals surface area contributed by atoms with E-state index in [1.807, 2.05) is 30.3 Å². The van der Waals surface area contributed by atoms with E-state index in [1.165, 1.54) is 0 Å². The Morgan fingerprint density at radius 2 is 1.45 bits per heavy atom. The topological polar surface area (TPSA) is 161 Å². The first-order valence-corrected chi connectivity index (χ1v) is 11.6. The molecule has 4 rings (SSSR count). The van der Waals surface area contributed by atoms with Gasteiger partial charge in [-0.2, -0.15) is 10.2 Å². The minimum absolute atomic E-state index is 0.296. The number of hydrogen-bond acceptors (Lipinski definition) is 8. The van der Waals surface area contributed by atoms with Gasteiger partial charge >= 0.3 is 11.9 Å². The van der Waals surface area contributed by atoms with E-state index in [0.717, 1.165) is 33.6 Å². The average Bonchev–Trinajstić information content (AvgIpc) is 2.91. The first kappa shape index (κ1) is 27.3. The Hall–Kier alpha value is -5.30. The molecule has 0 amide bonds. The molecule has 2 aromatic heterocycles. The van der Waals surface area contributed by atoms with E-state index in [-0.39, 0.29) is 12.8 Å². The second-order valence-corrected chi connectivity index (χ2v) is 8.21. The van der Waals surface area contributed by atoms with Crippen LogP contribution in [0.15, 0.2) is 73.2 Å². The van der Waals surface area contributed by atoms with Crippen LogP contribution in [-0.4, -0.2) is 37.1 Å². The molecule has 38 heavy (non-hydrogen) atoms. The maximum atomic E-state index is 9.64. The fourth-order valence-electron chi connectivity index (χ4n) is 3.46. The molecule has 4 aromatic rings. The fraction of sp³-hybridized carbons (Fsp3) is 0.143. The van der Waals surface area contributed by atoms with Gasteiger partial charge < -0.3 is 20.8 Å². The molecular formula is C28H26N6O4. The minimum atomic E-state index is -1.08. The molecule has 10 nitrogen and oxygen atoms in total. The molecular weight excluding hydrogens is 484 g/mol. The van der Waals surface area contributed by atoms with Gasteiger partial charge in [-0.3, -0.25) is 14.6 Å². The normalized spacial score (nSPS) is 9.92. The number of hydrogen-bond donors (Lipinski definition) is 4. The number of rotatable bonds is 8. The molecule has 0 aliphatic rings. The highest BCUT2D eigenvalue weighted by Gasteiger charge is 2.09. The maximum Gasteiger partial charge on any atom is 0.303 e. The summed E-state index contributed by atoms with van der Waals surface area (Å²) in [5.41, 5.74) is 7.00. The minimum Gasteiger partial charge on any atom is -0.481 e. The molecule has 192 valence electrons. The Balaban J connectivity index is 0.000000436. The summed E-state index contributed by atoms with van der Waals surface area (Å²) in [6.45, 7) is 4.16. The second-order valence-electron chi connectivity index (χ2n) is 8.21. The molecule has 0 saturated heterocycles. The van der Waals surface area contributed by atoms with Crippen molar-refractivity contribution in [3.8, 4) is 17.2 Å². The number of carboxylic acid groups (broad SMARTS) is 2. The highest BCUT2D eigenvalue weighted by atomic mass is 16.4. The highest BCUT2D eigenvalue weighted by Crippen LogP contribution is 2.30. The van der Waals surface area contributed by atoms with Gasteiger partial charge in [0, 0.05) is 30.0 Å². The van der Waals surface area contributed by atoms with E-state index in [4.69, 9.17) is 15.5 Å². The summed E-state index contributed by atoms with van der Waals surface area (Å²) in [4.78, 5) is 32.2. The van der Waals surface area contributed by atoms with Crippen molar-refractivity contribution >= 4 is 35.1 Å². The third-order valence-corrected chi connectivity index (χ3v) is 5.28. The van der Waals surface area contributed by atoms with Crippen molar-refractivity contribution in [2.45, 2.75) is 26.7 Å². The molecule has 0 saturated carbocycles. The Morgan fingerprint density at radius 3 is 2.00 bits per heavy atom. The lowest BCUT2D eigenvalue weighted by molar-refractivity contribution is -0.143. The molecule has 0 spiro atoms. The highest BCUT2D eigenvalue weighted by molar-refractivity contribution is 5.75. The molecule has 0 unspecified atom stereocenters. The summed E-state index contributed by atoms with van der Waals surface area (Å²) in [6, 6.07) is 19.4. The van der Waals surface area contributed by atoms with Gasteiger partial charge in [-0.15, -0.1) is 0 Å². The molecule has 0 fully saturated rings. The zero-order chi connectivity index (χ0) is 27.5. The largest absolute Gasteiger partial charge is 0.481 e. The van der Waals surface area contributed by atoms with Gasteiger partial charge in [0.1, 0.15) is 5.82 Å². The number of carbonyl (C=O) groups is 2. The molecule has 0 bridgehead atoms. The van der Waals surface area contributed by atoms with Crippen LogP contribution in [0.4, 0.5) is 23.1 Å². The van der Waals surface area contributed by atoms with Gasteiger partial charge in [0.2, 0.25) is 5.95 Å². The predicted octanol–water partition coefficient (Wildman–Crippen LogP) is 5.45. The Bertz CT molecular complexity index is 1410. The van der Waals surface area contributed by atoms with Gasteiger partial charge in [-0.25, -0.2) is 4.98 Å². The van der Waals surface area contributed by atoms with Crippen LogP contribution in [0.2, 0.25) is 0 Å². The number of anilines is 4. The monoisotopic (exact) mass is 510 g/mol. The maximum absolute atomic E-state index is 9.64. The number of aliphatic carboxylic acids is 2. The molecule has 0 aliphatic heterocycles. The van der Waals surface area contributed by atoms with Crippen molar-refractivity contribution in [1.82, 2.24) is 15.0 Å². The van der Waals surface area contributed by atoms with E-state index >= 15 is 0 Å². The fourth-order valence-corrected chi connectivity index (χ4v) is 3.46. The van der Waals surface area contributed by atoms with E-state index < -0.39 is 11.9 Å². The molecule has 2 heterocycles. The van der Waals surface area contributed by atoms with Crippen molar-refractivity contribution in [2.75, 3.05) is 10.6 Å². The van der Waals surface area contributed by atoms with Crippen LogP contribution in [0.25, 0.3) is 11.1 Å². The Kier molecular flexibility index (Phi) is 9.43. The van der Waals surface area contributed by atoms with Crippen LogP contribution >= 0.6 is 0 Å². The van der Waals surface area contributed by atoms with Gasteiger partial charge in [0.25, 0.3) is 0 Å². The van der Waals surface area contributed by atoms with Crippen molar-refractivity contribution < 1.29 is 19.8 Å². The molecule has 0 aliphatic carbocycles. The standard InChI is InChI=1S/C24H20N6.C4H6O4/c1-16-13-20(19-7-10-26-11-8-19)14-17(2)23(16)29-22-9-12-27-24(30-22)28-21-5-3-18(15-25)4-6-21;5-3(6)1-2-4(7)8/h3-14H,1-2H3,(H2,27,28,29,30);1-2H2,(H,5,6)(H,7,8). The zero-order valence-corrected chi connectivity index (χ0v) is 20.8. The smallest absolute Gasteiger partial charge is 0.303 e. The van der Waals surface area contributed by atoms with Crippen LogP contribution < -0.4 is 10.6 Å². The summed E-state index contributed by atoms with van der Waals surface area (Å²) in [6.07, 6.45) is 4.72. The van der Waals surface area contributed by atoms with Crippen molar-refractivity contribution in [3.63, 3.8) is 0 Å². The van der Waals surface area contributed by atoms with Crippen LogP contribution in [0, 0.1) is 25.2 Å². The number of nitrogens with one attached hydrogen (secondary N) is 2. The van der Waals surface area contributed by atoms with E-state index in [9.17, 15) is 9.59 Å². The van der Waals surface area contributed by atoms with Gasteiger partial charge in [-0.1, -0.05) is 0 Å². The second kappa shape index (κ2) is 13.1. The van der Waals surface area contributed by atoms with Crippen LogP contribution in [0.1, 0.15) is 29.5 Å². The molecule has 4 N–H and O–H groups in total. The van der Waals surface area contributed by atoms with Crippen molar-refractivity contribution in [1.29, 1.82) is 5.26 Å². The summed E-state index contributed by atoms with van der Waals surface area (Å²) in [5.74, 6) is -0.975. The first-order valence-electron chi connectivity index (χ1n) is 11.6. The van der Waals surface area contributed by atoms with E-state index in [0.29, 0.717) is 17.3 Å². The van der Waals surface area contributed by atoms with Crippen LogP contribution in [0.3, 0.4) is 0 Å². The predicted molar refractivity (Wildman–Crippen MR) is 143 cm³/mol. The summed E-state index contributed by atoms with van der Waals surface area (Å²) < 4.78 is 0. The summed E-state index contributed by atoms with van der Waals surface area (Å²) in [7, 11) is 0. The SMILES string of the molecule is Cc1cc(-c2ccncc2)cc(C)c1Nc1ccnc(Nc2ccc(C#N)cc2)n1.O=C(O)CCC(=O)O. The number of aryl methyl sites for hydroxylation is 2. The lowest BCUT2D eigenvalue weighted by Crippen LogP contribution is -2.02. The zero-order valence-electron chi connectivity index (χ0n) is 20.8. The quantitative estimate of drug-likeness (QED) is 0.240. The third-order valence-electron chi connectivity index (χ3n) is 5.28. The van der Waals surface area contributed by atoms with Crippen LogP contribution in [0.5, 0.6) is 0 Å². The molecule has 0 atom stereocenters. The molecule has 10 heteroatoms. The number of carboxylic acids is 2. The Labute approximate surface area is 219 Å². The van der Waals surface area contributed by atoms with Crippen molar-refractivity contribution in [2.24, 2.45) is 0 Å².